The maximum absolute atomic E-state index is 13.5. The first-order chi connectivity index (χ1) is 9.69. The highest BCUT2D eigenvalue weighted by atomic mass is 19.1. The summed E-state index contributed by atoms with van der Waals surface area (Å²) in [6.45, 7) is 0. The molecule has 0 radical (unpaired) electrons. The molecule has 0 spiro atoms. The molecule has 0 saturated heterocycles. The molecule has 2 aromatic heterocycles. The van der Waals surface area contributed by atoms with Gasteiger partial charge in [-0.1, -0.05) is 6.07 Å². The molecule has 0 saturated carbocycles. The Morgan fingerprint density at radius 3 is 2.75 bits per heavy atom. The van der Waals surface area contributed by atoms with E-state index in [1.54, 1.807) is 30.6 Å². The van der Waals surface area contributed by atoms with Crippen molar-refractivity contribution in [3.8, 4) is 16.9 Å². The van der Waals surface area contributed by atoms with Crippen LogP contribution in [0.15, 0.2) is 42.7 Å². The van der Waals surface area contributed by atoms with Gasteiger partial charge in [0.25, 0.3) is 0 Å². The summed E-state index contributed by atoms with van der Waals surface area (Å²) in [4.78, 5) is 19.1. The average Bonchev–Trinajstić information content (AvgIpc) is 2.49. The summed E-state index contributed by atoms with van der Waals surface area (Å²) in [6.07, 6.45) is 3.83. The zero-order valence-corrected chi connectivity index (χ0v) is 10.2. The Balaban J connectivity index is 2.29. The van der Waals surface area contributed by atoms with Gasteiger partial charge >= 0.3 is 0 Å². The Hall–Kier alpha value is -2.82. The van der Waals surface area contributed by atoms with Gasteiger partial charge in [-0.2, -0.15) is 0 Å². The normalized spacial score (nSPS) is 10.7. The van der Waals surface area contributed by atoms with Gasteiger partial charge in [0, 0.05) is 23.3 Å². The monoisotopic (exact) mass is 268 g/mol. The molecule has 0 fully saturated rings. The van der Waals surface area contributed by atoms with Gasteiger partial charge in [0.1, 0.15) is 5.69 Å². The summed E-state index contributed by atoms with van der Waals surface area (Å²) in [5, 5.41) is 9.98. The predicted molar refractivity (Wildman–Crippen MR) is 72.0 cm³/mol. The Morgan fingerprint density at radius 1 is 1.15 bits per heavy atom. The van der Waals surface area contributed by atoms with Crippen molar-refractivity contribution >= 4 is 17.2 Å². The fourth-order valence-corrected chi connectivity index (χ4v) is 2.01. The van der Waals surface area contributed by atoms with Gasteiger partial charge in [-0.05, 0) is 29.8 Å². The van der Waals surface area contributed by atoms with Crippen LogP contribution in [0.25, 0.3) is 22.0 Å². The summed E-state index contributed by atoms with van der Waals surface area (Å²) < 4.78 is 13.5. The zero-order valence-electron chi connectivity index (χ0n) is 10.2. The van der Waals surface area contributed by atoms with Crippen molar-refractivity contribution in [2.45, 2.75) is 0 Å². The molecule has 5 heteroatoms. The molecule has 0 bridgehead atoms. The summed E-state index contributed by atoms with van der Waals surface area (Å²) in [7, 11) is 0. The number of aldehydes is 1. The molecule has 3 rings (SSSR count). The van der Waals surface area contributed by atoms with Crippen LogP contribution in [-0.2, 0) is 0 Å². The molecule has 0 unspecified atom stereocenters. The molecule has 0 aliphatic rings. The second-order valence-electron chi connectivity index (χ2n) is 4.28. The maximum Gasteiger partial charge on any atom is 0.168 e. The minimum absolute atomic E-state index is 0.296. The van der Waals surface area contributed by atoms with Crippen molar-refractivity contribution in [2.24, 2.45) is 0 Å². The van der Waals surface area contributed by atoms with Gasteiger partial charge < -0.3 is 5.11 Å². The molecule has 0 aliphatic heterocycles. The third-order valence-corrected chi connectivity index (χ3v) is 3.00. The van der Waals surface area contributed by atoms with Crippen molar-refractivity contribution in [1.29, 1.82) is 0 Å². The molecule has 1 aromatic carbocycles. The van der Waals surface area contributed by atoms with Gasteiger partial charge in [0.15, 0.2) is 17.9 Å². The number of carbonyl (C=O) groups excluding carboxylic acids is 1. The number of fused-ring (bicyclic) bond motifs is 1. The number of phenols is 1. The Bertz CT molecular complexity index is 818. The molecule has 0 atom stereocenters. The lowest BCUT2D eigenvalue weighted by Crippen LogP contribution is -1.92. The smallest absolute Gasteiger partial charge is 0.168 e. The first-order valence-electron chi connectivity index (χ1n) is 5.88. The topological polar surface area (TPSA) is 63.1 Å². The number of carbonyl (C=O) groups is 1. The number of hydrogen-bond donors (Lipinski definition) is 1. The Kier molecular flexibility index (Phi) is 2.87. The summed E-state index contributed by atoms with van der Waals surface area (Å²) >= 11 is 0. The number of halogens is 1. The van der Waals surface area contributed by atoms with Crippen LogP contribution in [0, 0.1) is 5.82 Å². The number of hydrogen-bond acceptors (Lipinski definition) is 4. The summed E-state index contributed by atoms with van der Waals surface area (Å²) in [5.74, 6) is -1.13. The molecule has 1 N–H and O–H groups in total. The molecule has 20 heavy (non-hydrogen) atoms. The van der Waals surface area contributed by atoms with E-state index in [0.717, 1.165) is 5.39 Å². The first kappa shape index (κ1) is 12.2. The van der Waals surface area contributed by atoms with E-state index in [-0.39, 0.29) is 0 Å². The molecule has 0 aliphatic carbocycles. The minimum atomic E-state index is -0.717. The standard InChI is InChI=1S/C15H9FN2O2/c16-13-5-9(2-4-14(13)20)12-7-17-6-10-1-3-11(8-19)18-15(10)12/h1-8,20H. The van der Waals surface area contributed by atoms with Crippen LogP contribution in [0.1, 0.15) is 10.5 Å². The van der Waals surface area contributed by atoms with Crippen molar-refractivity contribution < 1.29 is 14.3 Å². The number of benzene rings is 1. The zero-order chi connectivity index (χ0) is 14.1. The summed E-state index contributed by atoms with van der Waals surface area (Å²) in [5.41, 5.74) is 2.00. The van der Waals surface area contributed by atoms with Gasteiger partial charge in [-0.3, -0.25) is 9.78 Å². The van der Waals surface area contributed by atoms with E-state index in [4.69, 9.17) is 0 Å². The molecule has 3 aromatic rings. The molecular weight excluding hydrogens is 259 g/mol. The number of phenolic OH excluding ortho intramolecular Hbond substituents is 1. The van der Waals surface area contributed by atoms with Crippen LogP contribution in [0.4, 0.5) is 4.39 Å². The second-order valence-corrected chi connectivity index (χ2v) is 4.28. The molecule has 4 nitrogen and oxygen atoms in total. The predicted octanol–water partition coefficient (Wildman–Crippen LogP) is 2.95. The number of pyridine rings is 2. The van der Waals surface area contributed by atoms with E-state index < -0.39 is 11.6 Å². The molecule has 98 valence electrons. The van der Waals surface area contributed by atoms with Crippen molar-refractivity contribution in [1.82, 2.24) is 9.97 Å². The number of rotatable bonds is 2. The Morgan fingerprint density at radius 2 is 2.00 bits per heavy atom. The van der Waals surface area contributed by atoms with E-state index in [9.17, 15) is 14.3 Å². The van der Waals surface area contributed by atoms with Gasteiger partial charge in [-0.15, -0.1) is 0 Å². The van der Waals surface area contributed by atoms with Crippen LogP contribution < -0.4 is 0 Å². The van der Waals surface area contributed by atoms with Crippen molar-refractivity contribution in [2.75, 3.05) is 0 Å². The van der Waals surface area contributed by atoms with E-state index >= 15 is 0 Å². The lowest BCUT2D eigenvalue weighted by atomic mass is 10.0. The second kappa shape index (κ2) is 4.70. The lowest BCUT2D eigenvalue weighted by Gasteiger charge is -2.06. The Labute approximate surface area is 113 Å². The highest BCUT2D eigenvalue weighted by Crippen LogP contribution is 2.29. The highest BCUT2D eigenvalue weighted by Gasteiger charge is 2.09. The van der Waals surface area contributed by atoms with Gasteiger partial charge in [0.05, 0.1) is 5.52 Å². The SMILES string of the molecule is O=Cc1ccc2cncc(-c3ccc(O)c(F)c3)c2n1. The van der Waals surface area contributed by atoms with E-state index in [1.807, 2.05) is 0 Å². The fourth-order valence-electron chi connectivity index (χ4n) is 2.01. The summed E-state index contributed by atoms with van der Waals surface area (Å²) in [6, 6.07) is 7.38. The van der Waals surface area contributed by atoms with Crippen molar-refractivity contribution in [3.63, 3.8) is 0 Å². The highest BCUT2D eigenvalue weighted by molar-refractivity contribution is 5.94. The quantitative estimate of drug-likeness (QED) is 0.726. The van der Waals surface area contributed by atoms with E-state index in [2.05, 4.69) is 9.97 Å². The first-order valence-corrected chi connectivity index (χ1v) is 5.88. The molecular formula is C15H9FN2O2. The molecule has 0 amide bonds. The number of aromatic nitrogens is 2. The third kappa shape index (κ3) is 1.99. The van der Waals surface area contributed by atoms with Crippen LogP contribution >= 0.6 is 0 Å². The largest absolute Gasteiger partial charge is 0.505 e. The van der Waals surface area contributed by atoms with Crippen LogP contribution in [0.3, 0.4) is 0 Å². The number of aromatic hydroxyl groups is 1. The van der Waals surface area contributed by atoms with Crippen LogP contribution in [-0.4, -0.2) is 21.4 Å². The van der Waals surface area contributed by atoms with E-state index in [0.29, 0.717) is 28.6 Å². The van der Waals surface area contributed by atoms with Crippen LogP contribution in [0.2, 0.25) is 0 Å². The third-order valence-electron chi connectivity index (χ3n) is 3.00. The van der Waals surface area contributed by atoms with Gasteiger partial charge in [-0.25, -0.2) is 9.37 Å². The molecule has 2 heterocycles. The van der Waals surface area contributed by atoms with Crippen LogP contribution in [0.5, 0.6) is 5.75 Å². The maximum atomic E-state index is 13.5. The average molecular weight is 268 g/mol. The minimum Gasteiger partial charge on any atom is -0.505 e. The number of nitrogens with zero attached hydrogens (tertiary/aromatic N) is 2. The lowest BCUT2D eigenvalue weighted by molar-refractivity contribution is 0.111. The van der Waals surface area contributed by atoms with Gasteiger partial charge in [0.2, 0.25) is 0 Å². The van der Waals surface area contributed by atoms with E-state index in [1.165, 1.54) is 12.1 Å². The van der Waals surface area contributed by atoms with Crippen molar-refractivity contribution in [3.05, 3.63) is 54.2 Å². The fraction of sp³-hybridized carbons (Fsp3) is 0.